The van der Waals surface area contributed by atoms with Crippen molar-refractivity contribution in [2.75, 3.05) is 5.75 Å². The van der Waals surface area contributed by atoms with Crippen LogP contribution < -0.4 is 0 Å². The van der Waals surface area contributed by atoms with Crippen LogP contribution in [0.1, 0.15) is 18.4 Å². The fourth-order valence-electron chi connectivity index (χ4n) is 1.94. The van der Waals surface area contributed by atoms with Crippen LogP contribution in [0.2, 0.25) is 5.02 Å². The molecule has 0 aliphatic carbocycles. The van der Waals surface area contributed by atoms with Gasteiger partial charge >= 0.3 is 5.97 Å². The molecule has 0 saturated carbocycles. The fourth-order valence-corrected chi connectivity index (χ4v) is 3.47. The summed E-state index contributed by atoms with van der Waals surface area (Å²) in [6.45, 7) is 0. The number of rotatable bonds is 3. The molecule has 2 heterocycles. The zero-order valence-corrected chi connectivity index (χ0v) is 10.2. The van der Waals surface area contributed by atoms with Crippen molar-refractivity contribution in [3.8, 4) is 0 Å². The van der Waals surface area contributed by atoms with E-state index in [0.29, 0.717) is 17.9 Å². The van der Waals surface area contributed by atoms with Crippen molar-refractivity contribution in [1.29, 1.82) is 0 Å². The van der Waals surface area contributed by atoms with Crippen LogP contribution in [0.25, 0.3) is 0 Å². The standard InChI is InChI=1S/C11H12ClNO2S/c12-9-7-13-4-2-8(9)6-11(10(14)15)3-1-5-16-11/h2,4,7H,1,3,5-6H2,(H,14,15). The summed E-state index contributed by atoms with van der Waals surface area (Å²) >= 11 is 7.53. The lowest BCUT2D eigenvalue weighted by atomic mass is 9.95. The van der Waals surface area contributed by atoms with Gasteiger partial charge in [0.2, 0.25) is 0 Å². The molecule has 1 atom stereocenters. The molecule has 1 N–H and O–H groups in total. The third kappa shape index (κ3) is 2.18. The monoisotopic (exact) mass is 257 g/mol. The number of pyridine rings is 1. The van der Waals surface area contributed by atoms with Crippen molar-refractivity contribution < 1.29 is 9.90 Å². The van der Waals surface area contributed by atoms with Crippen LogP contribution in [0, 0.1) is 0 Å². The summed E-state index contributed by atoms with van der Waals surface area (Å²) in [5.41, 5.74) is 0.869. The summed E-state index contributed by atoms with van der Waals surface area (Å²) in [5, 5.41) is 9.89. The minimum absolute atomic E-state index is 0.481. The van der Waals surface area contributed by atoms with E-state index in [0.717, 1.165) is 17.7 Å². The number of carboxylic acids is 1. The van der Waals surface area contributed by atoms with Crippen LogP contribution in [0.3, 0.4) is 0 Å². The molecule has 1 saturated heterocycles. The van der Waals surface area contributed by atoms with E-state index < -0.39 is 10.7 Å². The highest BCUT2D eigenvalue weighted by Crippen LogP contribution is 2.41. The Labute approximate surface area is 103 Å². The predicted molar refractivity (Wildman–Crippen MR) is 65.0 cm³/mol. The van der Waals surface area contributed by atoms with Crippen LogP contribution in [-0.2, 0) is 11.2 Å². The third-order valence-electron chi connectivity index (χ3n) is 2.83. The minimum Gasteiger partial charge on any atom is -0.480 e. The largest absolute Gasteiger partial charge is 0.480 e. The summed E-state index contributed by atoms with van der Waals surface area (Å²) in [6.07, 6.45) is 5.36. The molecule has 1 aliphatic rings. The maximum absolute atomic E-state index is 11.4. The van der Waals surface area contributed by atoms with Gasteiger partial charge in [-0.3, -0.25) is 9.78 Å². The molecule has 16 heavy (non-hydrogen) atoms. The van der Waals surface area contributed by atoms with Gasteiger partial charge in [0.15, 0.2) is 0 Å². The first-order chi connectivity index (χ1) is 7.64. The first-order valence-corrected chi connectivity index (χ1v) is 6.46. The number of aromatic nitrogens is 1. The molecular weight excluding hydrogens is 246 g/mol. The number of carbonyl (C=O) groups is 1. The van der Waals surface area contributed by atoms with E-state index >= 15 is 0 Å². The number of nitrogens with zero attached hydrogens (tertiary/aromatic N) is 1. The molecule has 1 aliphatic heterocycles. The van der Waals surface area contributed by atoms with Crippen molar-refractivity contribution in [2.45, 2.75) is 24.0 Å². The van der Waals surface area contributed by atoms with Gasteiger partial charge in [0, 0.05) is 12.4 Å². The van der Waals surface area contributed by atoms with Gasteiger partial charge in [-0.05, 0) is 36.6 Å². The van der Waals surface area contributed by atoms with E-state index in [1.165, 1.54) is 11.8 Å². The maximum Gasteiger partial charge on any atom is 0.320 e. The summed E-state index contributed by atoms with van der Waals surface area (Å²) in [6, 6.07) is 1.80. The molecule has 0 spiro atoms. The molecule has 1 aromatic rings. The summed E-state index contributed by atoms with van der Waals surface area (Å²) in [4.78, 5) is 15.3. The maximum atomic E-state index is 11.4. The Kier molecular flexibility index (Phi) is 3.40. The number of hydrogen-bond acceptors (Lipinski definition) is 3. The first-order valence-electron chi connectivity index (χ1n) is 5.10. The second-order valence-corrected chi connectivity index (χ2v) is 5.78. The summed E-state index contributed by atoms with van der Waals surface area (Å²) in [5.74, 6) is 0.178. The number of thioether (sulfide) groups is 1. The van der Waals surface area contributed by atoms with E-state index in [1.54, 1.807) is 18.5 Å². The highest BCUT2D eigenvalue weighted by molar-refractivity contribution is 8.01. The van der Waals surface area contributed by atoms with Gasteiger partial charge in [0.05, 0.1) is 5.02 Å². The lowest BCUT2D eigenvalue weighted by Gasteiger charge is -2.23. The second-order valence-electron chi connectivity index (χ2n) is 3.90. The number of carboxylic acid groups (broad SMARTS) is 1. The molecule has 1 aromatic heterocycles. The minimum atomic E-state index is -0.733. The van der Waals surface area contributed by atoms with Gasteiger partial charge in [-0.25, -0.2) is 0 Å². The average molecular weight is 258 g/mol. The lowest BCUT2D eigenvalue weighted by Crippen LogP contribution is -2.34. The lowest BCUT2D eigenvalue weighted by molar-refractivity contribution is -0.139. The highest BCUT2D eigenvalue weighted by Gasteiger charge is 2.42. The Bertz CT molecular complexity index is 405. The SMILES string of the molecule is O=C(O)C1(Cc2ccncc2Cl)CCCS1. The zero-order valence-electron chi connectivity index (χ0n) is 8.65. The van der Waals surface area contributed by atoms with E-state index in [1.807, 2.05) is 0 Å². The zero-order chi connectivity index (χ0) is 11.6. The Morgan fingerprint density at radius 2 is 2.50 bits per heavy atom. The molecule has 1 unspecified atom stereocenters. The van der Waals surface area contributed by atoms with Crippen LogP contribution in [0.15, 0.2) is 18.5 Å². The Hall–Kier alpha value is -0.740. The van der Waals surface area contributed by atoms with Crippen molar-refractivity contribution in [1.82, 2.24) is 4.98 Å². The van der Waals surface area contributed by atoms with Gasteiger partial charge in [-0.1, -0.05) is 11.6 Å². The van der Waals surface area contributed by atoms with Gasteiger partial charge in [-0.2, -0.15) is 0 Å². The summed E-state index contributed by atoms with van der Waals surface area (Å²) in [7, 11) is 0. The first kappa shape index (κ1) is 11.7. The van der Waals surface area contributed by atoms with Crippen molar-refractivity contribution in [2.24, 2.45) is 0 Å². The van der Waals surface area contributed by atoms with Crippen molar-refractivity contribution >= 4 is 29.3 Å². The normalized spacial score (nSPS) is 24.6. The Morgan fingerprint density at radius 3 is 3.06 bits per heavy atom. The van der Waals surface area contributed by atoms with E-state index in [2.05, 4.69) is 4.98 Å². The molecule has 86 valence electrons. The topological polar surface area (TPSA) is 50.2 Å². The number of aliphatic carboxylic acids is 1. The number of hydrogen-bond donors (Lipinski definition) is 1. The van der Waals surface area contributed by atoms with Gasteiger partial charge < -0.3 is 5.11 Å². The average Bonchev–Trinajstić information content (AvgIpc) is 2.71. The van der Waals surface area contributed by atoms with Crippen LogP contribution in [0.5, 0.6) is 0 Å². The molecule has 1 fully saturated rings. The van der Waals surface area contributed by atoms with E-state index in [4.69, 9.17) is 11.6 Å². The second kappa shape index (κ2) is 4.63. The van der Waals surface area contributed by atoms with Gasteiger partial charge in [0.1, 0.15) is 4.75 Å². The smallest absolute Gasteiger partial charge is 0.320 e. The van der Waals surface area contributed by atoms with Gasteiger partial charge in [-0.15, -0.1) is 11.8 Å². The van der Waals surface area contributed by atoms with Crippen molar-refractivity contribution in [3.05, 3.63) is 29.0 Å². The third-order valence-corrected chi connectivity index (χ3v) is 4.73. The molecule has 0 radical (unpaired) electrons. The molecule has 0 bridgehead atoms. The molecule has 5 heteroatoms. The molecule has 0 amide bonds. The fraction of sp³-hybridized carbons (Fsp3) is 0.455. The molecule has 0 aromatic carbocycles. The van der Waals surface area contributed by atoms with Crippen molar-refractivity contribution in [3.63, 3.8) is 0 Å². The van der Waals surface area contributed by atoms with Gasteiger partial charge in [0.25, 0.3) is 0 Å². The molecule has 2 rings (SSSR count). The number of halogens is 1. The van der Waals surface area contributed by atoms with Crippen LogP contribution in [-0.4, -0.2) is 26.6 Å². The quantitative estimate of drug-likeness (QED) is 0.904. The Balaban J connectivity index is 2.25. The van der Waals surface area contributed by atoms with E-state index in [-0.39, 0.29) is 0 Å². The van der Waals surface area contributed by atoms with Crippen LogP contribution in [0.4, 0.5) is 0 Å². The summed E-state index contributed by atoms with van der Waals surface area (Å²) < 4.78 is -0.689. The highest BCUT2D eigenvalue weighted by atomic mass is 35.5. The predicted octanol–water partition coefficient (Wildman–Crippen LogP) is 2.63. The Morgan fingerprint density at radius 1 is 1.69 bits per heavy atom. The van der Waals surface area contributed by atoms with E-state index in [9.17, 15) is 9.90 Å². The van der Waals surface area contributed by atoms with Crippen LogP contribution >= 0.6 is 23.4 Å². The molecule has 3 nitrogen and oxygen atoms in total. The molecular formula is C11H12ClNO2S.